The first kappa shape index (κ1) is 6.71. The highest BCUT2D eigenvalue weighted by molar-refractivity contribution is 5.31. The molecule has 0 bridgehead atoms. The van der Waals surface area contributed by atoms with Gasteiger partial charge in [0.05, 0.1) is 0 Å². The Labute approximate surface area is 66.7 Å². The second kappa shape index (κ2) is 2.26. The molecule has 1 unspecified atom stereocenters. The second-order valence-electron chi connectivity index (χ2n) is 3.41. The molecule has 1 aromatic rings. The van der Waals surface area contributed by atoms with Gasteiger partial charge in [-0.05, 0) is 36.0 Å². The van der Waals surface area contributed by atoms with Gasteiger partial charge in [-0.1, -0.05) is 19.1 Å². The third-order valence-corrected chi connectivity index (χ3v) is 2.43. The summed E-state index contributed by atoms with van der Waals surface area (Å²) in [5, 5.41) is 9.02. The molecular formula is C10H12O. The predicted molar refractivity (Wildman–Crippen MR) is 44.6 cm³/mol. The number of phenolic OH excluding ortho intramolecular Hbond substituents is 1. The molecule has 0 heterocycles. The zero-order valence-electron chi connectivity index (χ0n) is 6.62. The molecule has 1 fully saturated rings. The Morgan fingerprint density at radius 3 is 2.27 bits per heavy atom. The number of aromatic hydroxyl groups is 1. The molecule has 0 spiro atoms. The standard InChI is InChI=1S/C10H12O/c1-7-6-10(7)8-2-4-9(11)5-3-8/h2-5,7,10-11H,6H2,1H3/t7-,10?/m1/s1. The molecule has 0 radical (unpaired) electrons. The summed E-state index contributed by atoms with van der Waals surface area (Å²) in [6.45, 7) is 2.26. The van der Waals surface area contributed by atoms with Crippen molar-refractivity contribution < 1.29 is 5.11 Å². The average molecular weight is 148 g/mol. The first-order valence-corrected chi connectivity index (χ1v) is 4.06. The number of rotatable bonds is 1. The van der Waals surface area contributed by atoms with Crippen molar-refractivity contribution in [2.75, 3.05) is 0 Å². The van der Waals surface area contributed by atoms with Crippen molar-refractivity contribution in [2.24, 2.45) is 5.92 Å². The van der Waals surface area contributed by atoms with E-state index in [1.54, 1.807) is 12.1 Å². The lowest BCUT2D eigenvalue weighted by molar-refractivity contribution is 0.475. The van der Waals surface area contributed by atoms with E-state index in [9.17, 15) is 0 Å². The molecule has 0 saturated heterocycles. The van der Waals surface area contributed by atoms with Gasteiger partial charge in [-0.2, -0.15) is 0 Å². The minimum absolute atomic E-state index is 0.363. The van der Waals surface area contributed by atoms with Gasteiger partial charge in [0.15, 0.2) is 0 Å². The van der Waals surface area contributed by atoms with E-state index in [0.29, 0.717) is 5.75 Å². The zero-order chi connectivity index (χ0) is 7.84. The minimum Gasteiger partial charge on any atom is -0.508 e. The van der Waals surface area contributed by atoms with Crippen LogP contribution in [0.5, 0.6) is 5.75 Å². The summed E-state index contributed by atoms with van der Waals surface area (Å²) in [5.74, 6) is 1.97. The molecule has 11 heavy (non-hydrogen) atoms. The van der Waals surface area contributed by atoms with Crippen LogP contribution in [0.1, 0.15) is 24.8 Å². The highest BCUT2D eigenvalue weighted by Gasteiger charge is 2.33. The van der Waals surface area contributed by atoms with Crippen LogP contribution in [0.2, 0.25) is 0 Å². The molecule has 0 amide bonds. The molecule has 1 aromatic carbocycles. The molecule has 2 rings (SSSR count). The summed E-state index contributed by atoms with van der Waals surface area (Å²) < 4.78 is 0. The molecule has 1 N–H and O–H groups in total. The van der Waals surface area contributed by atoms with Gasteiger partial charge >= 0.3 is 0 Å². The van der Waals surface area contributed by atoms with E-state index in [-0.39, 0.29) is 0 Å². The van der Waals surface area contributed by atoms with Crippen LogP contribution < -0.4 is 0 Å². The van der Waals surface area contributed by atoms with Gasteiger partial charge in [0, 0.05) is 0 Å². The van der Waals surface area contributed by atoms with Crippen LogP contribution in [0.15, 0.2) is 24.3 Å². The quantitative estimate of drug-likeness (QED) is 0.648. The molecule has 58 valence electrons. The van der Waals surface area contributed by atoms with E-state index < -0.39 is 0 Å². The predicted octanol–water partition coefficient (Wildman–Crippen LogP) is 2.52. The first-order chi connectivity index (χ1) is 5.27. The molecule has 2 atom stereocenters. The van der Waals surface area contributed by atoms with E-state index in [1.807, 2.05) is 12.1 Å². The van der Waals surface area contributed by atoms with Crippen molar-refractivity contribution in [1.29, 1.82) is 0 Å². The maximum atomic E-state index is 9.02. The molecule has 1 heteroatoms. The second-order valence-corrected chi connectivity index (χ2v) is 3.41. The summed E-state index contributed by atoms with van der Waals surface area (Å²) in [6, 6.07) is 7.56. The molecule has 1 aliphatic rings. The summed E-state index contributed by atoms with van der Waals surface area (Å²) in [7, 11) is 0. The van der Waals surface area contributed by atoms with Crippen LogP contribution in [0.3, 0.4) is 0 Å². The van der Waals surface area contributed by atoms with Crippen LogP contribution in [0.4, 0.5) is 0 Å². The summed E-state index contributed by atoms with van der Waals surface area (Å²) >= 11 is 0. The topological polar surface area (TPSA) is 20.2 Å². The first-order valence-electron chi connectivity index (χ1n) is 4.06. The van der Waals surface area contributed by atoms with Crippen LogP contribution in [-0.4, -0.2) is 5.11 Å². The highest BCUT2D eigenvalue weighted by Crippen LogP contribution is 2.46. The van der Waals surface area contributed by atoms with Gasteiger partial charge < -0.3 is 5.11 Å². The van der Waals surface area contributed by atoms with Crippen molar-refractivity contribution in [2.45, 2.75) is 19.3 Å². The van der Waals surface area contributed by atoms with Crippen molar-refractivity contribution in [3.05, 3.63) is 29.8 Å². The Morgan fingerprint density at radius 1 is 1.27 bits per heavy atom. The fraction of sp³-hybridized carbons (Fsp3) is 0.400. The minimum atomic E-state index is 0.363. The van der Waals surface area contributed by atoms with Gasteiger partial charge in [0.25, 0.3) is 0 Å². The van der Waals surface area contributed by atoms with Crippen molar-refractivity contribution in [3.63, 3.8) is 0 Å². The molecule has 1 aliphatic carbocycles. The van der Waals surface area contributed by atoms with Crippen molar-refractivity contribution in [3.8, 4) is 5.75 Å². The average Bonchev–Trinajstić information content (AvgIpc) is 2.69. The normalized spacial score (nSPS) is 28.5. The third-order valence-electron chi connectivity index (χ3n) is 2.43. The van der Waals surface area contributed by atoms with E-state index in [2.05, 4.69) is 6.92 Å². The summed E-state index contributed by atoms with van der Waals surface area (Å²) in [6.07, 6.45) is 1.31. The molecular weight excluding hydrogens is 136 g/mol. The smallest absolute Gasteiger partial charge is 0.115 e. The molecule has 0 aliphatic heterocycles. The van der Waals surface area contributed by atoms with Gasteiger partial charge in [0.1, 0.15) is 5.75 Å². The van der Waals surface area contributed by atoms with Crippen LogP contribution in [0, 0.1) is 5.92 Å². The largest absolute Gasteiger partial charge is 0.508 e. The maximum Gasteiger partial charge on any atom is 0.115 e. The summed E-state index contributed by atoms with van der Waals surface area (Å²) in [4.78, 5) is 0. The van der Waals surface area contributed by atoms with Gasteiger partial charge in [0.2, 0.25) is 0 Å². The lowest BCUT2D eigenvalue weighted by Gasteiger charge is -1.97. The molecule has 1 nitrogen and oxygen atoms in total. The van der Waals surface area contributed by atoms with E-state index in [4.69, 9.17) is 5.11 Å². The Bertz CT molecular complexity index is 250. The number of benzene rings is 1. The Balaban J connectivity index is 2.21. The zero-order valence-corrected chi connectivity index (χ0v) is 6.62. The Morgan fingerprint density at radius 2 is 1.82 bits per heavy atom. The van der Waals surface area contributed by atoms with Crippen LogP contribution in [-0.2, 0) is 0 Å². The maximum absolute atomic E-state index is 9.02. The number of hydrogen-bond acceptors (Lipinski definition) is 1. The lowest BCUT2D eigenvalue weighted by atomic mass is 10.1. The Hall–Kier alpha value is -0.980. The summed E-state index contributed by atoms with van der Waals surface area (Å²) in [5.41, 5.74) is 1.37. The van der Waals surface area contributed by atoms with Gasteiger partial charge in [-0.25, -0.2) is 0 Å². The fourth-order valence-electron chi connectivity index (χ4n) is 1.51. The number of phenols is 1. The van der Waals surface area contributed by atoms with E-state index >= 15 is 0 Å². The van der Waals surface area contributed by atoms with Crippen molar-refractivity contribution in [1.82, 2.24) is 0 Å². The highest BCUT2D eigenvalue weighted by atomic mass is 16.3. The van der Waals surface area contributed by atoms with Gasteiger partial charge in [-0.15, -0.1) is 0 Å². The van der Waals surface area contributed by atoms with Crippen LogP contribution in [0.25, 0.3) is 0 Å². The van der Waals surface area contributed by atoms with Gasteiger partial charge in [-0.3, -0.25) is 0 Å². The van der Waals surface area contributed by atoms with Crippen LogP contribution >= 0.6 is 0 Å². The monoisotopic (exact) mass is 148 g/mol. The third kappa shape index (κ3) is 1.23. The lowest BCUT2D eigenvalue weighted by Crippen LogP contribution is -1.78. The molecule has 0 aromatic heterocycles. The number of hydrogen-bond donors (Lipinski definition) is 1. The Kier molecular flexibility index (Phi) is 1.38. The fourth-order valence-corrected chi connectivity index (χ4v) is 1.51. The van der Waals surface area contributed by atoms with E-state index in [1.165, 1.54) is 12.0 Å². The van der Waals surface area contributed by atoms with E-state index in [0.717, 1.165) is 11.8 Å². The SMILES string of the molecule is C[C@@H]1CC1c1ccc(O)cc1. The molecule has 1 saturated carbocycles. The van der Waals surface area contributed by atoms with Crippen molar-refractivity contribution >= 4 is 0 Å².